The molecule has 0 radical (unpaired) electrons. The van der Waals surface area contributed by atoms with Gasteiger partial charge in [-0.15, -0.1) is 0 Å². The first-order valence-electron chi connectivity index (χ1n) is 9.48. The quantitative estimate of drug-likeness (QED) is 0.440. The van der Waals surface area contributed by atoms with Gasteiger partial charge < -0.3 is 24.8 Å². The minimum atomic E-state index is -3.45. The second-order valence-electron chi connectivity index (χ2n) is 6.80. The molecule has 0 saturated carbocycles. The molecule has 170 valence electrons. The smallest absolute Gasteiger partial charge is 0.229 e. The van der Waals surface area contributed by atoms with Crippen LogP contribution in [0.5, 0.6) is 17.2 Å². The van der Waals surface area contributed by atoms with E-state index in [1.165, 1.54) is 21.3 Å². The Kier molecular flexibility index (Phi) is 6.89. The number of rotatable bonds is 9. The van der Waals surface area contributed by atoms with Crippen molar-refractivity contribution in [3.8, 4) is 17.2 Å². The van der Waals surface area contributed by atoms with Crippen molar-refractivity contribution >= 4 is 38.9 Å². The van der Waals surface area contributed by atoms with Gasteiger partial charge in [0, 0.05) is 24.0 Å². The number of sulfonamides is 1. The fourth-order valence-electron chi connectivity index (χ4n) is 3.00. The van der Waals surface area contributed by atoms with Crippen LogP contribution in [0.25, 0.3) is 0 Å². The number of aromatic nitrogens is 2. The number of anilines is 5. The van der Waals surface area contributed by atoms with Crippen molar-refractivity contribution < 1.29 is 22.6 Å². The molecule has 2 aromatic carbocycles. The van der Waals surface area contributed by atoms with Crippen molar-refractivity contribution in [3.63, 3.8) is 0 Å². The van der Waals surface area contributed by atoms with Crippen LogP contribution in [0.3, 0.4) is 0 Å². The van der Waals surface area contributed by atoms with Crippen LogP contribution in [0.1, 0.15) is 5.56 Å². The van der Waals surface area contributed by atoms with Gasteiger partial charge in [0.15, 0.2) is 11.5 Å². The molecule has 3 rings (SSSR count). The number of benzene rings is 2. The van der Waals surface area contributed by atoms with E-state index in [4.69, 9.17) is 14.2 Å². The third kappa shape index (κ3) is 5.49. The summed E-state index contributed by atoms with van der Waals surface area (Å²) >= 11 is 0. The Labute approximate surface area is 187 Å². The molecule has 0 bridgehead atoms. The summed E-state index contributed by atoms with van der Waals surface area (Å²) in [5.74, 6) is 2.23. The maximum atomic E-state index is 11.8. The average Bonchev–Trinajstić information content (AvgIpc) is 2.75. The topological polar surface area (TPSA) is 124 Å². The predicted molar refractivity (Wildman–Crippen MR) is 124 cm³/mol. The van der Waals surface area contributed by atoms with E-state index in [9.17, 15) is 8.42 Å². The van der Waals surface area contributed by atoms with E-state index >= 15 is 0 Å². The summed E-state index contributed by atoms with van der Waals surface area (Å²) in [7, 11) is 1.15. The van der Waals surface area contributed by atoms with Crippen LogP contribution >= 0.6 is 0 Å². The number of methoxy groups -OCH3 is 3. The molecule has 32 heavy (non-hydrogen) atoms. The minimum absolute atomic E-state index is 0.314. The lowest BCUT2D eigenvalue weighted by molar-refractivity contribution is 0.324. The zero-order valence-electron chi connectivity index (χ0n) is 18.4. The normalized spacial score (nSPS) is 10.9. The zero-order valence-corrected chi connectivity index (χ0v) is 19.2. The van der Waals surface area contributed by atoms with E-state index in [1.54, 1.807) is 30.5 Å². The fourth-order valence-corrected chi connectivity index (χ4v) is 3.64. The Hall–Kier alpha value is -3.73. The predicted octanol–water partition coefficient (Wildman–Crippen LogP) is 3.67. The van der Waals surface area contributed by atoms with Crippen LogP contribution in [0.4, 0.5) is 28.8 Å². The van der Waals surface area contributed by atoms with Crippen LogP contribution in [-0.2, 0) is 10.0 Å². The summed E-state index contributed by atoms with van der Waals surface area (Å²) in [6.45, 7) is 1.82. The Morgan fingerprint density at radius 3 is 2.22 bits per heavy atom. The van der Waals surface area contributed by atoms with Crippen LogP contribution in [0, 0.1) is 6.92 Å². The van der Waals surface area contributed by atoms with Gasteiger partial charge in [0.1, 0.15) is 5.82 Å². The van der Waals surface area contributed by atoms with E-state index < -0.39 is 10.0 Å². The van der Waals surface area contributed by atoms with Crippen LogP contribution in [0.2, 0.25) is 0 Å². The second-order valence-corrected chi connectivity index (χ2v) is 8.55. The van der Waals surface area contributed by atoms with Crippen molar-refractivity contribution in [1.29, 1.82) is 0 Å². The highest BCUT2D eigenvalue weighted by molar-refractivity contribution is 7.92. The summed E-state index contributed by atoms with van der Waals surface area (Å²) < 4.78 is 42.1. The Morgan fingerprint density at radius 2 is 1.62 bits per heavy atom. The molecule has 0 spiro atoms. The van der Waals surface area contributed by atoms with Gasteiger partial charge in [-0.1, -0.05) is 12.1 Å². The first-order valence-corrected chi connectivity index (χ1v) is 11.4. The van der Waals surface area contributed by atoms with Gasteiger partial charge in [-0.25, -0.2) is 13.4 Å². The van der Waals surface area contributed by atoms with Gasteiger partial charge in [-0.3, -0.25) is 4.72 Å². The SMILES string of the molecule is COc1cc(Nc2nccc(Nc3cccc(C)c3NS(C)(=O)=O)n2)cc(OC)c1OC. The molecule has 10 nitrogen and oxygen atoms in total. The maximum absolute atomic E-state index is 11.8. The van der Waals surface area contributed by atoms with Gasteiger partial charge >= 0.3 is 0 Å². The number of hydrogen-bond donors (Lipinski definition) is 3. The van der Waals surface area contributed by atoms with E-state index in [0.717, 1.165) is 11.8 Å². The third-order valence-corrected chi connectivity index (χ3v) is 4.97. The van der Waals surface area contributed by atoms with Gasteiger partial charge in [0.25, 0.3) is 0 Å². The summed E-state index contributed by atoms with van der Waals surface area (Å²) in [5, 5.41) is 6.24. The van der Waals surface area contributed by atoms with Crippen LogP contribution < -0.4 is 29.6 Å². The third-order valence-electron chi connectivity index (χ3n) is 4.40. The highest BCUT2D eigenvalue weighted by Crippen LogP contribution is 2.40. The van der Waals surface area contributed by atoms with Crippen molar-refractivity contribution in [2.24, 2.45) is 0 Å². The molecule has 0 aliphatic heterocycles. The van der Waals surface area contributed by atoms with Crippen molar-refractivity contribution in [2.75, 3.05) is 42.9 Å². The highest BCUT2D eigenvalue weighted by Gasteiger charge is 2.15. The monoisotopic (exact) mass is 459 g/mol. The summed E-state index contributed by atoms with van der Waals surface area (Å²) in [6, 6.07) is 10.5. The first kappa shape index (κ1) is 22.9. The summed E-state index contributed by atoms with van der Waals surface area (Å²) in [6.07, 6.45) is 2.68. The Balaban J connectivity index is 1.89. The molecule has 1 heterocycles. The zero-order chi connectivity index (χ0) is 23.3. The van der Waals surface area contributed by atoms with Crippen LogP contribution in [-0.4, -0.2) is 46.0 Å². The number of hydrogen-bond acceptors (Lipinski definition) is 9. The lowest BCUT2D eigenvalue weighted by Gasteiger charge is -2.16. The molecule has 0 atom stereocenters. The van der Waals surface area contributed by atoms with Crippen molar-refractivity contribution in [2.45, 2.75) is 6.92 Å². The molecule has 0 aliphatic rings. The second kappa shape index (κ2) is 9.60. The van der Waals surface area contributed by atoms with Gasteiger partial charge in [-0.2, -0.15) is 4.98 Å². The number of nitrogens with one attached hydrogen (secondary N) is 3. The van der Waals surface area contributed by atoms with E-state index in [2.05, 4.69) is 25.3 Å². The largest absolute Gasteiger partial charge is 0.493 e. The Morgan fingerprint density at radius 1 is 0.938 bits per heavy atom. The number of nitrogens with zero attached hydrogens (tertiary/aromatic N) is 2. The molecular formula is C21H25N5O5S. The molecule has 1 aromatic heterocycles. The molecule has 0 amide bonds. The molecule has 11 heteroatoms. The van der Waals surface area contributed by atoms with Crippen molar-refractivity contribution in [3.05, 3.63) is 48.2 Å². The average molecular weight is 460 g/mol. The van der Waals surface area contributed by atoms with Crippen molar-refractivity contribution in [1.82, 2.24) is 9.97 Å². The standard InChI is InChI=1S/C21H25N5O5S/c1-13-7-6-8-15(19(13)26-32(5,27)28)24-18-9-10-22-21(25-18)23-14-11-16(29-2)20(31-4)17(12-14)30-3/h6-12,26H,1-5H3,(H2,22,23,24,25). The molecule has 0 saturated heterocycles. The molecular weight excluding hydrogens is 434 g/mol. The Bertz CT molecular complexity index is 1190. The van der Waals surface area contributed by atoms with Gasteiger partial charge in [0.05, 0.1) is 39.0 Å². The molecule has 3 aromatic rings. The molecule has 0 unspecified atom stereocenters. The summed E-state index contributed by atoms with van der Waals surface area (Å²) in [5.41, 5.74) is 2.41. The van der Waals surface area contributed by atoms with Crippen LogP contribution in [0.15, 0.2) is 42.6 Å². The van der Waals surface area contributed by atoms with E-state index in [-0.39, 0.29) is 0 Å². The fraction of sp³-hybridized carbons (Fsp3) is 0.238. The first-order chi connectivity index (χ1) is 15.2. The van der Waals surface area contributed by atoms with Gasteiger partial charge in [-0.05, 0) is 24.6 Å². The van der Waals surface area contributed by atoms with E-state index in [1.807, 2.05) is 19.1 Å². The lowest BCUT2D eigenvalue weighted by atomic mass is 10.2. The lowest BCUT2D eigenvalue weighted by Crippen LogP contribution is -2.12. The molecule has 0 aliphatic carbocycles. The summed E-state index contributed by atoms with van der Waals surface area (Å²) in [4.78, 5) is 8.70. The number of ether oxygens (including phenoxy) is 3. The minimum Gasteiger partial charge on any atom is -0.493 e. The van der Waals surface area contributed by atoms with E-state index in [0.29, 0.717) is 46.1 Å². The maximum Gasteiger partial charge on any atom is 0.229 e. The molecule has 3 N–H and O–H groups in total. The number of aryl methyl sites for hydroxylation is 1. The molecule has 0 fully saturated rings. The highest BCUT2D eigenvalue weighted by atomic mass is 32.2. The van der Waals surface area contributed by atoms with Gasteiger partial charge in [0.2, 0.25) is 21.7 Å². The number of para-hydroxylation sites is 1.